The number of hydrogen-bond donors (Lipinski definition) is 3. The third-order valence-corrected chi connectivity index (χ3v) is 6.85. The molecule has 0 aromatic heterocycles. The van der Waals surface area contributed by atoms with Crippen LogP contribution in [0, 0.1) is 23.7 Å². The van der Waals surface area contributed by atoms with Gasteiger partial charge in [0.2, 0.25) is 0 Å². The van der Waals surface area contributed by atoms with Crippen molar-refractivity contribution < 1.29 is 9.90 Å². The lowest BCUT2D eigenvalue weighted by atomic mass is 9.73. The first kappa shape index (κ1) is 17.4. The minimum absolute atomic E-state index is 0.269. The summed E-state index contributed by atoms with van der Waals surface area (Å²) < 4.78 is 0. The maximum absolute atomic E-state index is 12.8. The first-order valence-corrected chi connectivity index (χ1v) is 9.82. The van der Waals surface area contributed by atoms with Crippen molar-refractivity contribution in [2.45, 2.75) is 76.3 Å². The molecule has 1 heterocycles. The normalized spacial score (nSPS) is 40.8. The van der Waals surface area contributed by atoms with E-state index in [1.165, 1.54) is 25.7 Å². The molecule has 0 aromatic carbocycles. The Kier molecular flexibility index (Phi) is 6.11. The summed E-state index contributed by atoms with van der Waals surface area (Å²) in [6.07, 6.45) is 11.1. The Morgan fingerprint density at radius 1 is 1.00 bits per heavy atom. The van der Waals surface area contributed by atoms with Crippen LogP contribution in [0.1, 0.15) is 64.2 Å². The average molecular weight is 322 g/mol. The number of nitrogens with one attached hydrogen (secondary N) is 1. The molecule has 1 aliphatic heterocycles. The Morgan fingerprint density at radius 3 is 2.26 bits per heavy atom. The molecule has 4 nitrogen and oxygen atoms in total. The molecule has 0 amide bonds. The van der Waals surface area contributed by atoms with Crippen LogP contribution in [0.3, 0.4) is 0 Å². The number of carbonyl (C=O) groups excluding carboxylic acids is 1. The average Bonchev–Trinajstić information content (AvgIpc) is 2.94. The fourth-order valence-electron chi connectivity index (χ4n) is 5.50. The van der Waals surface area contributed by atoms with Gasteiger partial charge in [0.1, 0.15) is 5.78 Å². The molecule has 132 valence electrons. The number of fused-ring (bicyclic) bond motifs is 1. The lowest BCUT2D eigenvalue weighted by Crippen LogP contribution is -2.39. The number of nitrogens with two attached hydrogens (primary N) is 1. The zero-order chi connectivity index (χ0) is 16.2. The van der Waals surface area contributed by atoms with Crippen LogP contribution in [0.5, 0.6) is 0 Å². The van der Waals surface area contributed by atoms with E-state index in [2.05, 4.69) is 5.32 Å². The summed E-state index contributed by atoms with van der Waals surface area (Å²) in [6, 6.07) is 0.801. The molecule has 4 N–H and O–H groups in total. The van der Waals surface area contributed by atoms with Crippen molar-refractivity contribution in [3.05, 3.63) is 0 Å². The van der Waals surface area contributed by atoms with Crippen molar-refractivity contribution >= 4 is 5.78 Å². The molecule has 0 aromatic rings. The summed E-state index contributed by atoms with van der Waals surface area (Å²) in [4.78, 5) is 12.8. The van der Waals surface area contributed by atoms with Gasteiger partial charge in [-0.2, -0.15) is 0 Å². The first-order valence-electron chi connectivity index (χ1n) is 9.82. The van der Waals surface area contributed by atoms with E-state index in [0.29, 0.717) is 55.2 Å². The van der Waals surface area contributed by atoms with E-state index in [0.717, 1.165) is 32.1 Å². The fraction of sp³-hybridized carbons (Fsp3) is 0.947. The highest BCUT2D eigenvalue weighted by molar-refractivity contribution is 5.81. The summed E-state index contributed by atoms with van der Waals surface area (Å²) in [7, 11) is 0. The highest BCUT2D eigenvalue weighted by Crippen LogP contribution is 2.41. The Hall–Kier alpha value is -0.450. The second-order valence-corrected chi connectivity index (χ2v) is 8.13. The number of carbonyl (C=O) groups is 1. The van der Waals surface area contributed by atoms with Gasteiger partial charge in [-0.1, -0.05) is 12.8 Å². The van der Waals surface area contributed by atoms with Crippen LogP contribution in [0.4, 0.5) is 0 Å². The van der Waals surface area contributed by atoms with E-state index in [4.69, 9.17) is 10.8 Å². The molecule has 1 saturated heterocycles. The summed E-state index contributed by atoms with van der Waals surface area (Å²) in [5, 5.41) is 12.8. The summed E-state index contributed by atoms with van der Waals surface area (Å²) in [6.45, 7) is 0.997. The van der Waals surface area contributed by atoms with Crippen LogP contribution in [0.15, 0.2) is 0 Å². The topological polar surface area (TPSA) is 75.3 Å². The molecule has 23 heavy (non-hydrogen) atoms. The van der Waals surface area contributed by atoms with E-state index in [1.807, 2.05) is 0 Å². The van der Waals surface area contributed by atoms with Crippen LogP contribution in [0.2, 0.25) is 0 Å². The monoisotopic (exact) mass is 322 g/mol. The molecule has 3 aliphatic rings. The highest BCUT2D eigenvalue weighted by Gasteiger charge is 2.44. The number of Topliss-reactive ketones (excluding diaryl/α,β-unsaturated/α-hetero) is 1. The zero-order valence-corrected chi connectivity index (χ0v) is 14.4. The van der Waals surface area contributed by atoms with Crippen LogP contribution >= 0.6 is 0 Å². The molecule has 4 atom stereocenters. The van der Waals surface area contributed by atoms with Crippen molar-refractivity contribution in [2.75, 3.05) is 13.2 Å². The number of hydrogen-bond acceptors (Lipinski definition) is 4. The molecule has 0 bridgehead atoms. The minimum Gasteiger partial charge on any atom is -0.396 e. The third-order valence-electron chi connectivity index (χ3n) is 6.85. The van der Waals surface area contributed by atoms with Crippen LogP contribution in [0.25, 0.3) is 0 Å². The SMILES string of the molecule is NCC1NC(CC(=O)C2CCC(CCO)CC2)C2CCCCC12. The van der Waals surface area contributed by atoms with Crippen LogP contribution in [-0.2, 0) is 4.79 Å². The fourth-order valence-corrected chi connectivity index (χ4v) is 5.50. The number of ketones is 1. The molecular weight excluding hydrogens is 288 g/mol. The maximum atomic E-state index is 12.8. The van der Waals surface area contributed by atoms with Crippen molar-refractivity contribution in [3.63, 3.8) is 0 Å². The Balaban J connectivity index is 1.52. The summed E-state index contributed by atoms with van der Waals surface area (Å²) in [5.74, 6) is 2.76. The van der Waals surface area contributed by atoms with Crippen molar-refractivity contribution in [1.82, 2.24) is 5.32 Å². The Morgan fingerprint density at radius 2 is 1.65 bits per heavy atom. The zero-order valence-electron chi connectivity index (χ0n) is 14.4. The molecule has 2 saturated carbocycles. The van der Waals surface area contributed by atoms with Crippen molar-refractivity contribution in [3.8, 4) is 0 Å². The van der Waals surface area contributed by atoms with Gasteiger partial charge in [0.15, 0.2) is 0 Å². The largest absolute Gasteiger partial charge is 0.396 e. The van der Waals surface area contributed by atoms with Gasteiger partial charge in [-0.15, -0.1) is 0 Å². The smallest absolute Gasteiger partial charge is 0.137 e. The minimum atomic E-state index is 0.269. The second-order valence-electron chi connectivity index (χ2n) is 8.13. The Bertz CT molecular complexity index is 393. The second kappa shape index (κ2) is 8.09. The molecular formula is C19H34N2O2. The summed E-state index contributed by atoms with van der Waals surface area (Å²) >= 11 is 0. The number of rotatable bonds is 6. The lowest BCUT2D eigenvalue weighted by molar-refractivity contribution is -0.124. The molecule has 3 fully saturated rings. The van der Waals surface area contributed by atoms with E-state index in [1.54, 1.807) is 0 Å². The molecule has 4 unspecified atom stereocenters. The van der Waals surface area contributed by atoms with Crippen LogP contribution < -0.4 is 11.1 Å². The lowest BCUT2D eigenvalue weighted by Gasteiger charge is -2.31. The van der Waals surface area contributed by atoms with Gasteiger partial charge in [0.25, 0.3) is 0 Å². The number of aliphatic hydroxyl groups excluding tert-OH is 1. The molecule has 4 heteroatoms. The van der Waals surface area contributed by atoms with Crippen molar-refractivity contribution in [1.29, 1.82) is 0 Å². The molecule has 2 aliphatic carbocycles. The van der Waals surface area contributed by atoms with Gasteiger partial charge in [0.05, 0.1) is 0 Å². The standard InChI is InChI=1S/C19H34N2O2/c20-12-18-16-4-2-1-3-15(16)17(21-18)11-19(23)14-7-5-13(6-8-14)9-10-22/h13-18,21-22H,1-12,20H2. The number of aliphatic hydroxyl groups is 1. The van der Waals surface area contributed by atoms with E-state index < -0.39 is 0 Å². The predicted octanol–water partition coefficient (Wildman–Crippen LogP) is 2.24. The van der Waals surface area contributed by atoms with Gasteiger partial charge in [0, 0.05) is 37.6 Å². The third kappa shape index (κ3) is 3.97. The van der Waals surface area contributed by atoms with Gasteiger partial charge in [-0.05, 0) is 62.7 Å². The van der Waals surface area contributed by atoms with E-state index in [-0.39, 0.29) is 5.92 Å². The Labute approximate surface area is 140 Å². The molecule has 3 rings (SSSR count). The van der Waals surface area contributed by atoms with Gasteiger partial charge < -0.3 is 16.2 Å². The van der Waals surface area contributed by atoms with Gasteiger partial charge in [-0.25, -0.2) is 0 Å². The maximum Gasteiger partial charge on any atom is 0.137 e. The molecule has 0 spiro atoms. The van der Waals surface area contributed by atoms with E-state index >= 15 is 0 Å². The molecule has 0 radical (unpaired) electrons. The first-order chi connectivity index (χ1) is 11.2. The quantitative estimate of drug-likeness (QED) is 0.701. The predicted molar refractivity (Wildman–Crippen MR) is 92.0 cm³/mol. The van der Waals surface area contributed by atoms with Crippen LogP contribution in [-0.4, -0.2) is 36.1 Å². The van der Waals surface area contributed by atoms with E-state index in [9.17, 15) is 4.79 Å². The summed E-state index contributed by atoms with van der Waals surface area (Å²) in [5.41, 5.74) is 5.95. The van der Waals surface area contributed by atoms with Gasteiger partial charge >= 0.3 is 0 Å². The highest BCUT2D eigenvalue weighted by atomic mass is 16.3. The van der Waals surface area contributed by atoms with Crippen molar-refractivity contribution in [2.24, 2.45) is 29.4 Å². The van der Waals surface area contributed by atoms with Gasteiger partial charge in [-0.3, -0.25) is 4.79 Å².